The third-order valence-corrected chi connectivity index (χ3v) is 0.537. The van der Waals surface area contributed by atoms with E-state index in [4.69, 9.17) is 16.6 Å². The van der Waals surface area contributed by atoms with Gasteiger partial charge in [0.15, 0.2) is 0 Å². The van der Waals surface area contributed by atoms with Crippen molar-refractivity contribution in [3.05, 3.63) is 0 Å². The van der Waals surface area contributed by atoms with Gasteiger partial charge in [0.2, 0.25) is 0 Å². The van der Waals surface area contributed by atoms with E-state index in [0.29, 0.717) is 6.54 Å². The van der Waals surface area contributed by atoms with Gasteiger partial charge in [-0.25, -0.2) is 0 Å². The fourth-order valence-corrected chi connectivity index (χ4v) is 0.0745. The van der Waals surface area contributed by atoms with Crippen LogP contribution in [0.4, 0.5) is 0 Å². The minimum absolute atomic E-state index is 0.0174. The van der Waals surface area contributed by atoms with Crippen molar-refractivity contribution in [1.29, 1.82) is 0 Å². The summed E-state index contributed by atoms with van der Waals surface area (Å²) in [6, 6.07) is -0.231. The Morgan fingerprint density at radius 2 is 2.17 bits per heavy atom. The molecule has 1 unspecified atom stereocenters. The van der Waals surface area contributed by atoms with Gasteiger partial charge in [-0.15, -0.1) is 0 Å². The minimum Gasteiger partial charge on any atom is -0.395 e. The van der Waals surface area contributed by atoms with Crippen molar-refractivity contribution in [2.24, 2.45) is 11.5 Å². The Morgan fingerprint density at radius 3 is 2.17 bits per heavy atom. The SMILES string of the molecule is NCC(N)CO. The average molecular weight is 90.1 g/mol. The molecule has 0 aliphatic carbocycles. The molecule has 0 saturated carbocycles. The van der Waals surface area contributed by atoms with E-state index in [9.17, 15) is 0 Å². The van der Waals surface area contributed by atoms with Crippen molar-refractivity contribution in [3.63, 3.8) is 0 Å². The first-order valence-corrected chi connectivity index (χ1v) is 1.87. The van der Waals surface area contributed by atoms with Crippen LogP contribution in [-0.4, -0.2) is 24.3 Å². The van der Waals surface area contributed by atoms with Crippen molar-refractivity contribution in [2.45, 2.75) is 6.04 Å². The van der Waals surface area contributed by atoms with Gasteiger partial charge >= 0.3 is 0 Å². The summed E-state index contributed by atoms with van der Waals surface area (Å²) in [5.74, 6) is 0. The van der Waals surface area contributed by atoms with Crippen LogP contribution in [0, 0.1) is 0 Å². The fourth-order valence-electron chi connectivity index (χ4n) is 0.0745. The van der Waals surface area contributed by atoms with E-state index in [-0.39, 0.29) is 12.6 Å². The highest BCUT2D eigenvalue weighted by Crippen LogP contribution is 1.63. The summed E-state index contributed by atoms with van der Waals surface area (Å²) in [7, 11) is 0. The van der Waals surface area contributed by atoms with Crippen LogP contribution < -0.4 is 11.5 Å². The van der Waals surface area contributed by atoms with Gasteiger partial charge in [-0.3, -0.25) is 0 Å². The molecular formula is C3H10N2O. The van der Waals surface area contributed by atoms with E-state index < -0.39 is 0 Å². The molecule has 6 heavy (non-hydrogen) atoms. The molecule has 0 spiro atoms. The van der Waals surface area contributed by atoms with Gasteiger partial charge in [0.1, 0.15) is 0 Å². The Labute approximate surface area is 36.9 Å². The van der Waals surface area contributed by atoms with Crippen molar-refractivity contribution in [1.82, 2.24) is 0 Å². The Kier molecular flexibility index (Phi) is 3.02. The second kappa shape index (κ2) is 3.08. The molecule has 0 fully saturated rings. The summed E-state index contributed by atoms with van der Waals surface area (Å²) in [5.41, 5.74) is 10.1. The molecule has 0 aliphatic heterocycles. The zero-order valence-electron chi connectivity index (χ0n) is 3.59. The van der Waals surface area contributed by atoms with Gasteiger partial charge in [0, 0.05) is 12.6 Å². The lowest BCUT2D eigenvalue weighted by Gasteiger charge is -1.99. The molecule has 0 radical (unpaired) electrons. The zero-order chi connectivity index (χ0) is 4.99. The van der Waals surface area contributed by atoms with E-state index >= 15 is 0 Å². The van der Waals surface area contributed by atoms with Crippen LogP contribution in [0.3, 0.4) is 0 Å². The summed E-state index contributed by atoms with van der Waals surface area (Å²) >= 11 is 0. The third-order valence-electron chi connectivity index (χ3n) is 0.537. The molecule has 0 aromatic heterocycles. The molecular weight excluding hydrogens is 80.0 g/mol. The van der Waals surface area contributed by atoms with E-state index in [2.05, 4.69) is 0 Å². The van der Waals surface area contributed by atoms with E-state index in [1.807, 2.05) is 0 Å². The maximum absolute atomic E-state index is 8.13. The van der Waals surface area contributed by atoms with Crippen molar-refractivity contribution in [2.75, 3.05) is 13.2 Å². The van der Waals surface area contributed by atoms with Gasteiger partial charge < -0.3 is 16.6 Å². The largest absolute Gasteiger partial charge is 0.395 e. The summed E-state index contributed by atoms with van der Waals surface area (Å²) in [5, 5.41) is 8.13. The Hall–Kier alpha value is -0.120. The monoisotopic (exact) mass is 90.1 g/mol. The number of aliphatic hydroxyl groups excluding tert-OH is 1. The van der Waals surface area contributed by atoms with Crippen LogP contribution in [0.5, 0.6) is 0 Å². The number of hydrogen-bond donors (Lipinski definition) is 3. The van der Waals surface area contributed by atoms with E-state index in [1.165, 1.54) is 0 Å². The van der Waals surface area contributed by atoms with Gasteiger partial charge in [-0.1, -0.05) is 0 Å². The van der Waals surface area contributed by atoms with Crippen LogP contribution in [-0.2, 0) is 0 Å². The lowest BCUT2D eigenvalue weighted by Crippen LogP contribution is -2.32. The van der Waals surface area contributed by atoms with Crippen LogP contribution in [0.15, 0.2) is 0 Å². The number of aliphatic hydroxyl groups is 1. The molecule has 0 bridgehead atoms. The molecule has 3 heteroatoms. The molecule has 0 heterocycles. The molecule has 0 saturated heterocycles. The first-order chi connectivity index (χ1) is 2.81. The van der Waals surface area contributed by atoms with Gasteiger partial charge in [0.25, 0.3) is 0 Å². The zero-order valence-corrected chi connectivity index (χ0v) is 3.59. The number of rotatable bonds is 2. The first kappa shape index (κ1) is 5.88. The first-order valence-electron chi connectivity index (χ1n) is 1.87. The minimum atomic E-state index is -0.231. The van der Waals surface area contributed by atoms with E-state index in [0.717, 1.165) is 0 Å². The van der Waals surface area contributed by atoms with Crippen molar-refractivity contribution < 1.29 is 5.11 Å². The Balaban J connectivity index is 2.75. The predicted molar refractivity (Wildman–Crippen MR) is 24.1 cm³/mol. The lowest BCUT2D eigenvalue weighted by molar-refractivity contribution is 0.268. The normalized spacial score (nSPS) is 14.5. The molecule has 1 atom stereocenters. The van der Waals surface area contributed by atoms with Crippen LogP contribution in [0.2, 0.25) is 0 Å². The highest BCUT2D eigenvalue weighted by Gasteiger charge is 1.90. The third kappa shape index (κ3) is 2.14. The van der Waals surface area contributed by atoms with E-state index in [1.54, 1.807) is 0 Å². The highest BCUT2D eigenvalue weighted by molar-refractivity contribution is 4.56. The smallest absolute Gasteiger partial charge is 0.0594 e. The molecule has 0 aromatic rings. The fraction of sp³-hybridized carbons (Fsp3) is 1.00. The van der Waals surface area contributed by atoms with Gasteiger partial charge in [-0.05, 0) is 0 Å². The van der Waals surface area contributed by atoms with Crippen molar-refractivity contribution in [3.8, 4) is 0 Å². The maximum atomic E-state index is 8.13. The molecule has 3 nitrogen and oxygen atoms in total. The molecule has 38 valence electrons. The van der Waals surface area contributed by atoms with Crippen LogP contribution in [0.1, 0.15) is 0 Å². The second-order valence-electron chi connectivity index (χ2n) is 1.18. The van der Waals surface area contributed by atoms with Crippen LogP contribution >= 0.6 is 0 Å². The number of nitrogens with two attached hydrogens (primary N) is 2. The predicted octanol–water partition coefficient (Wildman–Crippen LogP) is -1.74. The van der Waals surface area contributed by atoms with Gasteiger partial charge in [0.05, 0.1) is 6.61 Å². The Morgan fingerprint density at radius 1 is 1.67 bits per heavy atom. The lowest BCUT2D eigenvalue weighted by atomic mass is 10.3. The molecule has 0 aliphatic rings. The molecule has 5 N–H and O–H groups in total. The number of hydrogen-bond acceptors (Lipinski definition) is 3. The summed E-state index contributed by atoms with van der Waals surface area (Å²) in [6.45, 7) is 0.340. The summed E-state index contributed by atoms with van der Waals surface area (Å²) < 4.78 is 0. The van der Waals surface area contributed by atoms with Crippen LogP contribution in [0.25, 0.3) is 0 Å². The molecule has 0 amide bonds. The molecule has 0 aromatic carbocycles. The van der Waals surface area contributed by atoms with Crippen molar-refractivity contribution >= 4 is 0 Å². The highest BCUT2D eigenvalue weighted by atomic mass is 16.3. The average Bonchev–Trinajstić information content (AvgIpc) is 1.65. The Bertz CT molecular complexity index is 28.0. The van der Waals surface area contributed by atoms with Gasteiger partial charge in [-0.2, -0.15) is 0 Å². The summed E-state index contributed by atoms with van der Waals surface area (Å²) in [4.78, 5) is 0. The summed E-state index contributed by atoms with van der Waals surface area (Å²) in [6.07, 6.45) is 0. The topological polar surface area (TPSA) is 72.3 Å². The second-order valence-corrected chi connectivity index (χ2v) is 1.18. The standard InChI is InChI=1S/C3H10N2O/c4-1-3(5)2-6/h3,6H,1-2,4-5H2. The quantitative estimate of drug-likeness (QED) is 0.377. The molecule has 0 rings (SSSR count). The maximum Gasteiger partial charge on any atom is 0.0594 e.